The van der Waals surface area contributed by atoms with Crippen molar-refractivity contribution in [3.05, 3.63) is 75.7 Å². The molecule has 0 atom stereocenters. The van der Waals surface area contributed by atoms with E-state index < -0.39 is 0 Å². The van der Waals surface area contributed by atoms with Gasteiger partial charge in [0.15, 0.2) is 0 Å². The molecule has 2 aliphatic rings. The van der Waals surface area contributed by atoms with Crippen LogP contribution >= 0.6 is 11.9 Å². The Morgan fingerprint density at radius 2 is 1.70 bits per heavy atom. The molecule has 3 nitrogen and oxygen atoms in total. The van der Waals surface area contributed by atoms with Crippen LogP contribution in [0.15, 0.2) is 47.9 Å². The Kier molecular flexibility index (Phi) is 5.83. The van der Waals surface area contributed by atoms with E-state index in [4.69, 9.17) is 0 Å². The van der Waals surface area contributed by atoms with Crippen molar-refractivity contribution >= 4 is 23.7 Å². The average Bonchev–Trinajstić information content (AvgIpc) is 3.34. The predicted molar refractivity (Wildman–Crippen MR) is 114 cm³/mol. The van der Waals surface area contributed by atoms with Crippen molar-refractivity contribution < 1.29 is 4.79 Å². The maximum Gasteiger partial charge on any atom is 0.329 e. The van der Waals surface area contributed by atoms with Crippen LogP contribution in [-0.2, 0) is 32.1 Å². The van der Waals surface area contributed by atoms with E-state index in [1.54, 1.807) is 0 Å². The topological polar surface area (TPSA) is 41.1 Å². The summed E-state index contributed by atoms with van der Waals surface area (Å²) in [5.74, 6) is 0. The quantitative estimate of drug-likeness (QED) is 0.644. The Labute approximate surface area is 165 Å². The summed E-state index contributed by atoms with van der Waals surface area (Å²) in [5.41, 5.74) is 8.07. The minimum atomic E-state index is -0.123. The molecule has 2 aromatic carbocycles. The van der Waals surface area contributed by atoms with Crippen molar-refractivity contribution in [2.75, 3.05) is 5.32 Å². The van der Waals surface area contributed by atoms with Crippen LogP contribution in [0.25, 0.3) is 0 Å². The van der Waals surface area contributed by atoms with Crippen LogP contribution in [0.1, 0.15) is 47.1 Å². The van der Waals surface area contributed by atoms with Gasteiger partial charge in [0.2, 0.25) is 0 Å². The van der Waals surface area contributed by atoms with E-state index in [1.807, 2.05) is 11.5 Å². The van der Waals surface area contributed by atoms with E-state index >= 15 is 0 Å². The van der Waals surface area contributed by atoms with Gasteiger partial charge in [-0.15, -0.1) is 0 Å². The zero-order valence-electron chi connectivity index (χ0n) is 15.6. The normalized spacial score (nSPS) is 15.0. The summed E-state index contributed by atoms with van der Waals surface area (Å²) < 4.78 is 2.89. The summed E-state index contributed by atoms with van der Waals surface area (Å²) in [6.45, 7) is 0. The van der Waals surface area contributed by atoms with Gasteiger partial charge in [-0.2, -0.15) is 0 Å². The molecule has 0 unspecified atom stereocenters. The number of benzene rings is 2. The highest BCUT2D eigenvalue weighted by Gasteiger charge is 2.24. The number of urea groups is 1. The number of fused-ring (bicyclic) bond motifs is 2. The van der Waals surface area contributed by atoms with Gasteiger partial charge < -0.3 is 5.32 Å². The summed E-state index contributed by atoms with van der Waals surface area (Å²) >= 11 is 1.34. The average molecular weight is 379 g/mol. The molecule has 2 aromatic rings. The van der Waals surface area contributed by atoms with Crippen LogP contribution in [-0.4, -0.2) is 6.03 Å². The second-order valence-corrected chi connectivity index (χ2v) is 8.02. The van der Waals surface area contributed by atoms with Crippen LogP contribution in [0.5, 0.6) is 0 Å². The van der Waals surface area contributed by atoms with Gasteiger partial charge in [-0.05, 0) is 96.5 Å². The summed E-state index contributed by atoms with van der Waals surface area (Å²) in [5, 5.41) is 5.12. The van der Waals surface area contributed by atoms with E-state index in [-0.39, 0.29) is 6.03 Å². The Morgan fingerprint density at radius 3 is 2.41 bits per heavy atom. The lowest BCUT2D eigenvalue weighted by molar-refractivity contribution is 0.257. The Hall–Kier alpha value is -2.20. The molecule has 0 heterocycles. The lowest BCUT2D eigenvalue weighted by atomic mass is 9.99. The van der Waals surface area contributed by atoms with Crippen molar-refractivity contribution in [1.82, 2.24) is 4.72 Å². The van der Waals surface area contributed by atoms with Crippen molar-refractivity contribution in [2.45, 2.75) is 51.4 Å². The number of anilines is 1. The Bertz CT molecular complexity index is 813. The minimum Gasteiger partial charge on any atom is -0.307 e. The van der Waals surface area contributed by atoms with E-state index in [0.29, 0.717) is 0 Å². The molecule has 0 saturated carbocycles. The van der Waals surface area contributed by atoms with Crippen LogP contribution in [0.3, 0.4) is 0 Å². The third-order valence-corrected chi connectivity index (χ3v) is 6.10. The van der Waals surface area contributed by atoms with Gasteiger partial charge in [0.05, 0.1) is 0 Å². The summed E-state index contributed by atoms with van der Waals surface area (Å²) in [4.78, 5) is 12.4. The first-order chi connectivity index (χ1) is 13.3. The molecule has 27 heavy (non-hydrogen) atoms. The fourth-order valence-electron chi connectivity index (χ4n) is 4.20. The van der Waals surface area contributed by atoms with Gasteiger partial charge in [-0.3, -0.25) is 4.72 Å². The van der Waals surface area contributed by atoms with Crippen molar-refractivity contribution in [2.24, 2.45) is 0 Å². The number of amides is 2. The summed E-state index contributed by atoms with van der Waals surface area (Å²) in [6.07, 6.45) is 11.0. The van der Waals surface area contributed by atoms with E-state index in [9.17, 15) is 4.79 Å². The number of nitrogens with one attached hydrogen (secondary N) is 2. The third-order valence-electron chi connectivity index (χ3n) is 5.47. The molecule has 4 rings (SSSR count). The molecule has 2 aliphatic carbocycles. The maximum atomic E-state index is 12.4. The molecule has 0 radical (unpaired) electrons. The SMILES string of the molecule is O=C(NS/C=C/CCc1ccccc1)Nc1c2c(cc3c1CCC3)CCC2. The van der Waals surface area contributed by atoms with Gasteiger partial charge in [0.1, 0.15) is 0 Å². The molecule has 0 saturated heterocycles. The predicted octanol–water partition coefficient (Wildman–Crippen LogP) is 5.58. The first-order valence-electron chi connectivity index (χ1n) is 9.89. The Morgan fingerprint density at radius 1 is 1.00 bits per heavy atom. The van der Waals surface area contributed by atoms with E-state index in [0.717, 1.165) is 44.2 Å². The number of hydrogen-bond donors (Lipinski definition) is 2. The molecule has 4 heteroatoms. The van der Waals surface area contributed by atoms with Gasteiger partial charge in [0.25, 0.3) is 0 Å². The van der Waals surface area contributed by atoms with Gasteiger partial charge >= 0.3 is 6.03 Å². The van der Waals surface area contributed by atoms with Crippen molar-refractivity contribution in [3.8, 4) is 0 Å². The molecule has 2 N–H and O–H groups in total. The highest BCUT2D eigenvalue weighted by atomic mass is 32.2. The van der Waals surface area contributed by atoms with Crippen LogP contribution in [0.2, 0.25) is 0 Å². The van der Waals surface area contributed by atoms with E-state index in [2.05, 4.69) is 46.4 Å². The van der Waals surface area contributed by atoms with Crippen molar-refractivity contribution in [3.63, 3.8) is 0 Å². The number of carbonyl (C=O) groups excluding carboxylic acids is 1. The minimum absolute atomic E-state index is 0.123. The first-order valence-corrected chi connectivity index (χ1v) is 10.8. The monoisotopic (exact) mass is 378 g/mol. The second-order valence-electron chi connectivity index (χ2n) is 7.30. The second kappa shape index (κ2) is 8.66. The Balaban J connectivity index is 1.28. The molecular weight excluding hydrogens is 352 g/mol. The molecular formula is C23H26N2OS. The number of allylic oxidation sites excluding steroid dienone is 1. The largest absolute Gasteiger partial charge is 0.329 e. The third kappa shape index (κ3) is 4.38. The number of carbonyl (C=O) groups is 1. The molecule has 0 fully saturated rings. The van der Waals surface area contributed by atoms with Crippen molar-refractivity contribution in [1.29, 1.82) is 0 Å². The lowest BCUT2D eigenvalue weighted by Crippen LogP contribution is -2.23. The fraction of sp³-hybridized carbons (Fsp3) is 0.348. The molecule has 2 amide bonds. The molecule has 0 spiro atoms. The standard InChI is InChI=1S/C23H26N2OS/c26-23(25-27-15-5-4-10-17-8-2-1-3-9-17)24-22-20-13-6-11-18(20)16-19-12-7-14-21(19)22/h1-3,5,8-9,15-16H,4,6-7,10-14H2,(H2,24,25,26)/b15-5+. The smallest absolute Gasteiger partial charge is 0.307 e. The highest BCUT2D eigenvalue weighted by molar-refractivity contribution is 8.00. The summed E-state index contributed by atoms with van der Waals surface area (Å²) in [7, 11) is 0. The number of hydrogen-bond acceptors (Lipinski definition) is 2. The number of aryl methyl sites for hydroxylation is 3. The molecule has 140 valence electrons. The molecule has 0 aromatic heterocycles. The highest BCUT2D eigenvalue weighted by Crippen LogP contribution is 2.38. The van der Waals surface area contributed by atoms with Crippen LogP contribution in [0, 0.1) is 0 Å². The van der Waals surface area contributed by atoms with Gasteiger partial charge in [0, 0.05) is 5.69 Å². The molecule has 0 aliphatic heterocycles. The van der Waals surface area contributed by atoms with E-state index in [1.165, 1.54) is 52.6 Å². The maximum absolute atomic E-state index is 12.4. The number of rotatable bonds is 6. The zero-order chi connectivity index (χ0) is 18.5. The zero-order valence-corrected chi connectivity index (χ0v) is 16.4. The van der Waals surface area contributed by atoms with Crippen LogP contribution < -0.4 is 10.0 Å². The summed E-state index contributed by atoms with van der Waals surface area (Å²) in [6, 6.07) is 12.7. The fourth-order valence-corrected chi connectivity index (χ4v) is 4.66. The molecule has 0 bridgehead atoms. The van der Waals surface area contributed by atoms with Gasteiger partial charge in [-0.1, -0.05) is 42.5 Å². The lowest BCUT2D eigenvalue weighted by Gasteiger charge is -2.16. The van der Waals surface area contributed by atoms with Gasteiger partial charge in [-0.25, -0.2) is 4.79 Å². The van der Waals surface area contributed by atoms with Crippen LogP contribution in [0.4, 0.5) is 10.5 Å². The first kappa shape index (κ1) is 18.2.